The largest absolute Gasteiger partial charge is 0.370 e. The summed E-state index contributed by atoms with van der Waals surface area (Å²) in [6.45, 7) is 3.86. The highest BCUT2D eigenvalue weighted by Gasteiger charge is 2.42. The predicted molar refractivity (Wildman–Crippen MR) is 356 cm³/mol. The molecule has 4 rings (SSSR count). The van der Waals surface area contributed by atoms with E-state index in [9.17, 15) is 62.3 Å². The van der Waals surface area contributed by atoms with E-state index in [-0.39, 0.29) is 83.0 Å². The molecule has 2 saturated heterocycles. The standard InChI is InChI=1S/C63H98N18O13S/c1-37(2)33-45(57(89)74-41(53(68)85)27-32-95-3)73-52(84)36-72-54(86)46(34-38-15-6-4-7-16-38)78-58(90)47(35-39-17-8-5-9-18-39)79-56(88)42(23-25-50(66)82)75-55(87)43(24-26-51(67)83)76-59(91)49-22-14-31-81(49)62(94)44(20-10-11-28-64)77-60(92)48-21-13-30-80(48)61(93)40(65)19-12-29-71-63(69)70/h4-9,15-18,37,40-49H,10-14,19-36,64-65H2,1-3H3,(H2,66,82)(H2,67,83)(H2,68,85)(H,72,86)(H,73,84)(H,74,89)(H,75,87)(H,76,91)(H,77,92)(H,78,90)(H,79,88)(H4,69,70,71)/t40-,41+,42+,43+,44+,45+,46-,47+,48+,49-/m1/s1. The van der Waals surface area contributed by atoms with Gasteiger partial charge in [-0.15, -0.1) is 0 Å². The molecule has 0 saturated carbocycles. The van der Waals surface area contributed by atoms with Crippen LogP contribution in [0, 0.1) is 5.92 Å². The van der Waals surface area contributed by atoms with Gasteiger partial charge in [0.15, 0.2) is 5.96 Å². The number of nitrogens with zero attached hydrogens (tertiary/aromatic N) is 3. The zero-order valence-corrected chi connectivity index (χ0v) is 55.3. The first-order chi connectivity index (χ1) is 45.2. The molecule has 2 fully saturated rings. The Hall–Kier alpha value is -8.91. The van der Waals surface area contributed by atoms with Crippen molar-refractivity contribution in [3.63, 3.8) is 0 Å². The van der Waals surface area contributed by atoms with E-state index in [2.05, 4.69) is 47.5 Å². The number of carbonyl (C=O) groups excluding carboxylic acids is 13. The van der Waals surface area contributed by atoms with Crippen molar-refractivity contribution in [2.75, 3.05) is 44.7 Å². The molecule has 0 bridgehead atoms. The first-order valence-electron chi connectivity index (χ1n) is 32.2. The average molecular weight is 1350 g/mol. The Morgan fingerprint density at radius 2 is 1.01 bits per heavy atom. The molecule has 2 heterocycles. The number of unbranched alkanes of at least 4 members (excludes halogenated alkanes) is 1. The number of amides is 13. The smallest absolute Gasteiger partial charge is 0.245 e. The van der Waals surface area contributed by atoms with Gasteiger partial charge in [0.25, 0.3) is 0 Å². The number of primary amides is 3. The van der Waals surface area contributed by atoms with Crippen LogP contribution in [0.1, 0.15) is 121 Å². The summed E-state index contributed by atoms with van der Waals surface area (Å²) in [7, 11) is 0. The summed E-state index contributed by atoms with van der Waals surface area (Å²) in [5.41, 5.74) is 40.6. The summed E-state index contributed by atoms with van der Waals surface area (Å²) in [6, 6.07) is 4.51. The second-order valence-electron chi connectivity index (χ2n) is 24.1. The van der Waals surface area contributed by atoms with Crippen molar-refractivity contribution in [1.29, 1.82) is 0 Å². The third-order valence-electron chi connectivity index (χ3n) is 16.0. The third kappa shape index (κ3) is 27.5. The highest BCUT2D eigenvalue weighted by Crippen LogP contribution is 2.24. The van der Waals surface area contributed by atoms with Crippen LogP contribution in [0.15, 0.2) is 65.7 Å². The fourth-order valence-electron chi connectivity index (χ4n) is 11.0. The number of benzene rings is 2. The third-order valence-corrected chi connectivity index (χ3v) is 16.7. The van der Waals surface area contributed by atoms with E-state index in [0.29, 0.717) is 55.4 Å². The molecule has 524 valence electrons. The first-order valence-corrected chi connectivity index (χ1v) is 33.6. The van der Waals surface area contributed by atoms with Crippen molar-refractivity contribution < 1.29 is 62.3 Å². The molecule has 31 nitrogen and oxygen atoms in total. The number of likely N-dealkylation sites (tertiary alicyclic amines) is 2. The molecular weight excluding hydrogens is 1250 g/mol. The lowest BCUT2D eigenvalue weighted by Crippen LogP contribution is -2.60. The van der Waals surface area contributed by atoms with Crippen molar-refractivity contribution in [2.24, 2.45) is 51.0 Å². The number of nitrogens with one attached hydrogen (secondary N) is 8. The van der Waals surface area contributed by atoms with Gasteiger partial charge in [0.2, 0.25) is 76.8 Å². The maximum atomic E-state index is 14.7. The fourth-order valence-corrected chi connectivity index (χ4v) is 11.5. The highest BCUT2D eigenvalue weighted by atomic mass is 32.2. The van der Waals surface area contributed by atoms with E-state index >= 15 is 0 Å². The second-order valence-corrected chi connectivity index (χ2v) is 25.1. The SMILES string of the molecule is CSCC[C@H](NC(=O)[C@H](CC(C)C)NC(=O)CNC(=O)[C@@H](Cc1ccccc1)NC(=O)[C@H](Cc1ccccc1)NC(=O)[C@H](CCC(N)=O)NC(=O)[C@H](CCC(N)=O)NC(=O)[C@H]1CCCN1C(=O)[C@H](CCCCN)NC(=O)[C@@H]1CCCN1C(=O)[C@H](N)CCCN=C(N)N)C(N)=O. The summed E-state index contributed by atoms with van der Waals surface area (Å²) in [5.74, 6) is -9.80. The zero-order chi connectivity index (χ0) is 70.1. The van der Waals surface area contributed by atoms with E-state index in [1.165, 1.54) is 21.6 Å². The van der Waals surface area contributed by atoms with Crippen LogP contribution < -0.4 is 82.7 Å². The Kier molecular flexibility index (Phi) is 33.9. The van der Waals surface area contributed by atoms with Crippen molar-refractivity contribution >= 4 is 94.5 Å². The molecule has 95 heavy (non-hydrogen) atoms. The fraction of sp³-hybridized carbons (Fsp3) is 0.587. The molecule has 0 aliphatic carbocycles. The predicted octanol–water partition coefficient (Wildman–Crippen LogP) is -3.71. The van der Waals surface area contributed by atoms with E-state index in [4.69, 9.17) is 40.1 Å². The number of aliphatic imine (C=N–C) groups is 1. The molecule has 0 unspecified atom stereocenters. The molecule has 10 atom stereocenters. The molecule has 2 aliphatic rings. The van der Waals surface area contributed by atoms with Crippen molar-refractivity contribution in [3.8, 4) is 0 Å². The minimum atomic E-state index is -1.64. The van der Waals surface area contributed by atoms with Gasteiger partial charge >= 0.3 is 0 Å². The van der Waals surface area contributed by atoms with E-state index in [1.54, 1.807) is 60.7 Å². The van der Waals surface area contributed by atoms with Crippen LogP contribution in [0.3, 0.4) is 0 Å². The number of nitrogens with two attached hydrogens (primary N) is 7. The molecule has 2 aliphatic heterocycles. The normalized spacial score (nSPS) is 16.8. The summed E-state index contributed by atoms with van der Waals surface area (Å²) in [5, 5.41) is 21.1. The Balaban J connectivity index is 1.56. The first kappa shape index (κ1) is 78.5. The number of carbonyl (C=O) groups is 13. The molecule has 2 aromatic carbocycles. The highest BCUT2D eigenvalue weighted by molar-refractivity contribution is 7.98. The van der Waals surface area contributed by atoms with Crippen LogP contribution in [0.5, 0.6) is 0 Å². The van der Waals surface area contributed by atoms with Gasteiger partial charge in [-0.05, 0) is 119 Å². The molecule has 0 radical (unpaired) electrons. The van der Waals surface area contributed by atoms with Gasteiger partial charge in [0, 0.05) is 45.3 Å². The van der Waals surface area contributed by atoms with Crippen LogP contribution in [-0.4, -0.2) is 198 Å². The van der Waals surface area contributed by atoms with Gasteiger partial charge in [-0.1, -0.05) is 74.5 Å². The van der Waals surface area contributed by atoms with Crippen LogP contribution in [0.25, 0.3) is 0 Å². The van der Waals surface area contributed by atoms with Crippen LogP contribution in [0.2, 0.25) is 0 Å². The Labute approximate surface area is 558 Å². The quantitative estimate of drug-likeness (QED) is 0.0173. The maximum Gasteiger partial charge on any atom is 0.245 e. The van der Waals surface area contributed by atoms with Crippen LogP contribution in [0.4, 0.5) is 0 Å². The monoisotopic (exact) mass is 1350 g/mol. The Bertz CT molecular complexity index is 2960. The lowest BCUT2D eigenvalue weighted by molar-refractivity contribution is -0.144. The topological polar surface area (TPSA) is 519 Å². The lowest BCUT2D eigenvalue weighted by atomic mass is 10.0. The van der Waals surface area contributed by atoms with Gasteiger partial charge in [0.1, 0.15) is 54.4 Å². The van der Waals surface area contributed by atoms with Gasteiger partial charge < -0.3 is 92.5 Å². The molecule has 22 N–H and O–H groups in total. The van der Waals surface area contributed by atoms with E-state index in [1.807, 2.05) is 20.1 Å². The van der Waals surface area contributed by atoms with Gasteiger partial charge in [-0.25, -0.2) is 0 Å². The van der Waals surface area contributed by atoms with Gasteiger partial charge in [-0.2, -0.15) is 11.8 Å². The molecule has 32 heteroatoms. The number of hydrogen-bond donors (Lipinski definition) is 15. The molecule has 2 aromatic rings. The molecule has 13 amide bonds. The van der Waals surface area contributed by atoms with Crippen molar-refractivity contribution in [1.82, 2.24) is 52.3 Å². The maximum absolute atomic E-state index is 14.7. The number of rotatable bonds is 42. The molecule has 0 aromatic heterocycles. The summed E-state index contributed by atoms with van der Waals surface area (Å²) in [4.78, 5) is 185. The van der Waals surface area contributed by atoms with Crippen LogP contribution in [-0.2, 0) is 75.2 Å². The van der Waals surface area contributed by atoms with Gasteiger partial charge in [-0.3, -0.25) is 67.3 Å². The Morgan fingerprint density at radius 1 is 0.537 bits per heavy atom. The summed E-state index contributed by atoms with van der Waals surface area (Å²) in [6.07, 6.45) is 3.12. The minimum absolute atomic E-state index is 0.0736. The number of hydrogen-bond acceptors (Lipinski definition) is 17. The minimum Gasteiger partial charge on any atom is -0.370 e. The van der Waals surface area contributed by atoms with Gasteiger partial charge in [0.05, 0.1) is 12.6 Å². The summed E-state index contributed by atoms with van der Waals surface area (Å²) < 4.78 is 0. The zero-order valence-electron chi connectivity index (χ0n) is 54.5. The lowest BCUT2D eigenvalue weighted by Gasteiger charge is -2.32. The Morgan fingerprint density at radius 3 is 1.51 bits per heavy atom. The van der Waals surface area contributed by atoms with E-state index < -0.39 is 169 Å². The second kappa shape index (κ2) is 41.0. The summed E-state index contributed by atoms with van der Waals surface area (Å²) >= 11 is 1.45. The number of thioether (sulfide) groups is 1. The van der Waals surface area contributed by atoms with Crippen LogP contribution >= 0.6 is 11.8 Å². The van der Waals surface area contributed by atoms with Crippen molar-refractivity contribution in [2.45, 2.75) is 183 Å². The molecule has 0 spiro atoms. The number of guanidine groups is 1. The average Bonchev–Trinajstić information content (AvgIpc) is 1.74. The van der Waals surface area contributed by atoms with Crippen molar-refractivity contribution in [3.05, 3.63) is 71.8 Å². The molecular formula is C63H98N18O13S. The van der Waals surface area contributed by atoms with E-state index in [0.717, 1.165) is 0 Å².